The molecule has 5 rings (SSSR count). The van der Waals surface area contributed by atoms with Gasteiger partial charge in [0.1, 0.15) is 22.8 Å². The Morgan fingerprint density at radius 3 is 2.88 bits per heavy atom. The number of ether oxygens (including phenoxy) is 3. The molecule has 6 nitrogen and oxygen atoms in total. The van der Waals surface area contributed by atoms with Gasteiger partial charge in [0.25, 0.3) is 5.91 Å². The number of aromatic amines is 1. The van der Waals surface area contributed by atoms with Gasteiger partial charge in [-0.25, -0.2) is 0 Å². The summed E-state index contributed by atoms with van der Waals surface area (Å²) in [5.74, 6) is 1.85. The van der Waals surface area contributed by atoms with Crippen LogP contribution in [0.2, 0.25) is 0 Å². The summed E-state index contributed by atoms with van der Waals surface area (Å²) in [7, 11) is 3.23. The van der Waals surface area contributed by atoms with Crippen LogP contribution in [0.5, 0.6) is 17.2 Å². The molecule has 0 saturated carbocycles. The molecule has 0 fully saturated rings. The Hall–Kier alpha value is -3.15. The quantitative estimate of drug-likeness (QED) is 0.770. The Bertz CT molecular complexity index is 1040. The third-order valence-corrected chi connectivity index (χ3v) is 5.20. The van der Waals surface area contributed by atoms with Crippen molar-refractivity contribution in [2.45, 2.75) is 12.6 Å². The van der Waals surface area contributed by atoms with Crippen LogP contribution in [-0.2, 0) is 6.42 Å². The second-order valence-corrected chi connectivity index (χ2v) is 6.48. The first-order valence-electron chi connectivity index (χ1n) is 8.54. The summed E-state index contributed by atoms with van der Waals surface area (Å²) in [5, 5.41) is 1.12. The standard InChI is InChI=1S/C20H18N2O4/c1-24-11-6-7-14-13(10-11)12-8-9-22-19(23)17-15(25-2)4-3-5-16(17)26-20(22)18(12)21-14/h3-7,10,20-21H,8-9H2,1-2H3. The molecule has 132 valence electrons. The van der Waals surface area contributed by atoms with E-state index in [0.717, 1.165) is 28.8 Å². The number of nitrogens with zero attached hydrogens (tertiary/aromatic N) is 1. The number of methoxy groups -OCH3 is 2. The zero-order chi connectivity index (χ0) is 17.8. The predicted molar refractivity (Wildman–Crippen MR) is 96.0 cm³/mol. The fourth-order valence-corrected chi connectivity index (χ4v) is 3.94. The highest BCUT2D eigenvalue weighted by atomic mass is 16.5. The van der Waals surface area contributed by atoms with E-state index >= 15 is 0 Å². The van der Waals surface area contributed by atoms with Gasteiger partial charge in [-0.2, -0.15) is 0 Å². The van der Waals surface area contributed by atoms with Gasteiger partial charge < -0.3 is 19.2 Å². The topological polar surface area (TPSA) is 63.8 Å². The number of fused-ring (bicyclic) bond motifs is 6. The molecule has 0 radical (unpaired) electrons. The molecular weight excluding hydrogens is 332 g/mol. The lowest BCUT2D eigenvalue weighted by Gasteiger charge is -2.39. The molecule has 2 aliphatic rings. The zero-order valence-electron chi connectivity index (χ0n) is 14.5. The minimum atomic E-state index is -0.454. The molecule has 1 aromatic heterocycles. The molecule has 0 bridgehead atoms. The highest BCUT2D eigenvalue weighted by Crippen LogP contribution is 2.43. The SMILES string of the molecule is COc1ccc2[nH]c3c(c2c1)CCN1C(=O)c2c(OC)cccc2OC31. The number of rotatable bonds is 2. The normalized spacial score (nSPS) is 18.0. The Labute approximate surface area is 150 Å². The van der Waals surface area contributed by atoms with Crippen LogP contribution in [-0.4, -0.2) is 36.6 Å². The average Bonchev–Trinajstić information content (AvgIpc) is 3.05. The highest BCUT2D eigenvalue weighted by molar-refractivity contribution is 6.01. The first-order valence-corrected chi connectivity index (χ1v) is 8.54. The molecule has 3 heterocycles. The van der Waals surface area contributed by atoms with Crippen LogP contribution in [0.4, 0.5) is 0 Å². The number of hydrogen-bond acceptors (Lipinski definition) is 4. The minimum absolute atomic E-state index is 0.0596. The van der Waals surface area contributed by atoms with Crippen LogP contribution in [0.1, 0.15) is 27.8 Å². The number of benzene rings is 2. The van der Waals surface area contributed by atoms with Gasteiger partial charge in [-0.3, -0.25) is 9.69 Å². The Morgan fingerprint density at radius 1 is 1.19 bits per heavy atom. The van der Waals surface area contributed by atoms with Crippen molar-refractivity contribution in [1.29, 1.82) is 0 Å². The summed E-state index contributed by atoms with van der Waals surface area (Å²) in [6.07, 6.45) is 0.308. The Kier molecular flexibility index (Phi) is 3.16. The van der Waals surface area contributed by atoms with Gasteiger partial charge in [-0.1, -0.05) is 6.07 Å². The maximum Gasteiger partial charge on any atom is 0.264 e. The van der Waals surface area contributed by atoms with Crippen LogP contribution >= 0.6 is 0 Å². The van der Waals surface area contributed by atoms with E-state index in [1.54, 1.807) is 25.2 Å². The maximum absolute atomic E-state index is 13.1. The van der Waals surface area contributed by atoms with Crippen molar-refractivity contribution in [3.05, 3.63) is 53.2 Å². The van der Waals surface area contributed by atoms with E-state index in [9.17, 15) is 4.79 Å². The van der Waals surface area contributed by atoms with Crippen molar-refractivity contribution in [2.24, 2.45) is 0 Å². The van der Waals surface area contributed by atoms with Gasteiger partial charge in [0.15, 0.2) is 0 Å². The third kappa shape index (κ3) is 1.95. The second-order valence-electron chi connectivity index (χ2n) is 6.48. The van der Waals surface area contributed by atoms with E-state index in [4.69, 9.17) is 14.2 Å². The monoisotopic (exact) mass is 350 g/mol. The van der Waals surface area contributed by atoms with Gasteiger partial charge >= 0.3 is 0 Å². The predicted octanol–water partition coefficient (Wildman–Crippen LogP) is 3.27. The van der Waals surface area contributed by atoms with Crippen molar-refractivity contribution in [2.75, 3.05) is 20.8 Å². The zero-order valence-corrected chi connectivity index (χ0v) is 14.5. The van der Waals surface area contributed by atoms with E-state index in [-0.39, 0.29) is 5.91 Å². The minimum Gasteiger partial charge on any atom is -0.497 e. The van der Waals surface area contributed by atoms with Crippen molar-refractivity contribution in [3.63, 3.8) is 0 Å². The van der Waals surface area contributed by atoms with Crippen LogP contribution in [0, 0.1) is 0 Å². The van der Waals surface area contributed by atoms with Gasteiger partial charge in [-0.05, 0) is 42.3 Å². The maximum atomic E-state index is 13.1. The lowest BCUT2D eigenvalue weighted by molar-refractivity contribution is 0.00149. The number of aromatic nitrogens is 1. The van der Waals surface area contributed by atoms with Crippen LogP contribution in [0.25, 0.3) is 10.9 Å². The number of nitrogens with one attached hydrogen (secondary N) is 1. The molecule has 1 atom stereocenters. The van der Waals surface area contributed by atoms with E-state index < -0.39 is 6.23 Å². The van der Waals surface area contributed by atoms with Crippen molar-refractivity contribution < 1.29 is 19.0 Å². The lowest BCUT2D eigenvalue weighted by Crippen LogP contribution is -2.45. The van der Waals surface area contributed by atoms with Gasteiger partial charge in [0.2, 0.25) is 6.23 Å². The summed E-state index contributed by atoms with van der Waals surface area (Å²) < 4.78 is 16.9. The van der Waals surface area contributed by atoms with Gasteiger partial charge in [0.05, 0.1) is 19.9 Å². The van der Waals surface area contributed by atoms with E-state index in [2.05, 4.69) is 4.98 Å². The summed E-state index contributed by atoms with van der Waals surface area (Å²) >= 11 is 0. The Morgan fingerprint density at radius 2 is 2.08 bits per heavy atom. The lowest BCUT2D eigenvalue weighted by atomic mass is 9.99. The number of carbonyl (C=O) groups is 1. The number of amides is 1. The molecule has 26 heavy (non-hydrogen) atoms. The van der Waals surface area contributed by atoms with Crippen molar-refractivity contribution in [3.8, 4) is 17.2 Å². The molecule has 0 saturated heterocycles. The highest BCUT2D eigenvalue weighted by Gasteiger charge is 2.41. The Balaban J connectivity index is 1.66. The summed E-state index contributed by atoms with van der Waals surface area (Å²) in [6.45, 7) is 0.595. The molecule has 2 aliphatic heterocycles. The van der Waals surface area contributed by atoms with Gasteiger partial charge in [0, 0.05) is 17.4 Å². The van der Waals surface area contributed by atoms with Gasteiger partial charge in [-0.15, -0.1) is 0 Å². The van der Waals surface area contributed by atoms with E-state index in [0.29, 0.717) is 23.6 Å². The van der Waals surface area contributed by atoms with Crippen LogP contribution in [0.3, 0.4) is 0 Å². The van der Waals surface area contributed by atoms with E-state index in [1.807, 2.05) is 30.3 Å². The number of hydrogen-bond donors (Lipinski definition) is 1. The number of H-pyrrole nitrogens is 1. The largest absolute Gasteiger partial charge is 0.497 e. The fourth-order valence-electron chi connectivity index (χ4n) is 3.94. The molecule has 1 unspecified atom stereocenters. The second kappa shape index (κ2) is 5.42. The smallest absolute Gasteiger partial charge is 0.264 e. The molecule has 1 N–H and O–H groups in total. The van der Waals surface area contributed by atoms with Crippen LogP contribution in [0.15, 0.2) is 36.4 Å². The van der Waals surface area contributed by atoms with Crippen molar-refractivity contribution in [1.82, 2.24) is 9.88 Å². The first-order chi connectivity index (χ1) is 12.7. The molecule has 6 heteroatoms. The number of carbonyl (C=O) groups excluding carboxylic acids is 1. The average molecular weight is 350 g/mol. The fraction of sp³-hybridized carbons (Fsp3) is 0.250. The van der Waals surface area contributed by atoms with E-state index in [1.165, 1.54) is 5.56 Å². The summed E-state index contributed by atoms with van der Waals surface area (Å²) in [5.41, 5.74) is 3.62. The van der Waals surface area contributed by atoms with Crippen molar-refractivity contribution >= 4 is 16.8 Å². The molecule has 1 amide bonds. The molecule has 0 spiro atoms. The third-order valence-electron chi connectivity index (χ3n) is 5.20. The molecule has 0 aliphatic carbocycles. The molecule has 3 aromatic rings. The van der Waals surface area contributed by atoms with Crippen LogP contribution < -0.4 is 14.2 Å². The first kappa shape index (κ1) is 15.1. The molecule has 2 aromatic carbocycles. The molecular formula is C20H18N2O4. The summed E-state index contributed by atoms with van der Waals surface area (Å²) in [4.78, 5) is 18.3. The summed E-state index contributed by atoms with van der Waals surface area (Å²) in [6, 6.07) is 11.4.